The van der Waals surface area contributed by atoms with Crippen molar-refractivity contribution in [1.29, 1.82) is 0 Å². The van der Waals surface area contributed by atoms with E-state index >= 15 is 0 Å². The van der Waals surface area contributed by atoms with Gasteiger partial charge in [0, 0.05) is 5.56 Å². The Balaban J connectivity index is 2.74. The molecule has 0 N–H and O–H groups in total. The number of allylic oxidation sites excluding steroid dienone is 2. The molecular weight excluding hydrogens is 172 g/mol. The Labute approximate surface area is 85.5 Å². The lowest BCUT2D eigenvalue weighted by Gasteiger charge is -2.10. The van der Waals surface area contributed by atoms with E-state index in [4.69, 9.17) is 0 Å². The summed E-state index contributed by atoms with van der Waals surface area (Å²) in [5, 5.41) is 0. The molecule has 1 nitrogen and oxygen atoms in total. The zero-order valence-corrected chi connectivity index (χ0v) is 8.95. The van der Waals surface area contributed by atoms with Crippen LogP contribution in [-0.4, -0.2) is 5.78 Å². The molecule has 0 aromatic heterocycles. The van der Waals surface area contributed by atoms with Gasteiger partial charge in [-0.25, -0.2) is 0 Å². The summed E-state index contributed by atoms with van der Waals surface area (Å²) in [4.78, 5) is 11.6. The minimum Gasteiger partial charge on any atom is -0.289 e. The first-order valence-electron chi connectivity index (χ1n) is 4.78. The van der Waals surface area contributed by atoms with Crippen molar-refractivity contribution in [2.24, 2.45) is 5.41 Å². The Morgan fingerprint density at radius 3 is 2.21 bits per heavy atom. The van der Waals surface area contributed by atoms with E-state index < -0.39 is 0 Å². The molecule has 74 valence electrons. The van der Waals surface area contributed by atoms with Gasteiger partial charge >= 0.3 is 0 Å². The van der Waals surface area contributed by atoms with Crippen LogP contribution in [-0.2, 0) is 0 Å². The van der Waals surface area contributed by atoms with Crippen molar-refractivity contribution < 1.29 is 4.79 Å². The lowest BCUT2D eigenvalue weighted by Crippen LogP contribution is -2.01. The molecule has 0 spiro atoms. The summed E-state index contributed by atoms with van der Waals surface area (Å²) in [5.41, 5.74) is 0.803. The van der Waals surface area contributed by atoms with Crippen molar-refractivity contribution in [3.63, 3.8) is 0 Å². The maximum absolute atomic E-state index is 11.6. The third-order valence-corrected chi connectivity index (χ3v) is 1.79. The number of hydrogen-bond acceptors (Lipinski definition) is 1. The van der Waals surface area contributed by atoms with Gasteiger partial charge in [0.25, 0.3) is 0 Å². The first kappa shape index (κ1) is 10.7. The molecule has 0 atom stereocenters. The van der Waals surface area contributed by atoms with E-state index in [2.05, 4.69) is 20.8 Å². The fourth-order valence-corrected chi connectivity index (χ4v) is 1.02. The van der Waals surface area contributed by atoms with E-state index in [0.29, 0.717) is 0 Å². The Morgan fingerprint density at radius 2 is 1.71 bits per heavy atom. The molecule has 1 aromatic carbocycles. The van der Waals surface area contributed by atoms with Crippen LogP contribution >= 0.6 is 0 Å². The summed E-state index contributed by atoms with van der Waals surface area (Å²) in [7, 11) is 0. The summed E-state index contributed by atoms with van der Waals surface area (Å²) in [6.07, 6.45) is 3.58. The zero-order chi connectivity index (χ0) is 10.6. The molecule has 0 heterocycles. The molecule has 1 aromatic rings. The highest BCUT2D eigenvalue weighted by molar-refractivity contribution is 6.04. The van der Waals surface area contributed by atoms with Gasteiger partial charge < -0.3 is 0 Å². The highest BCUT2D eigenvalue weighted by atomic mass is 16.1. The second kappa shape index (κ2) is 4.23. The maximum atomic E-state index is 11.6. The Kier molecular flexibility index (Phi) is 3.23. The predicted octanol–water partition coefficient (Wildman–Crippen LogP) is 3.47. The van der Waals surface area contributed by atoms with Crippen molar-refractivity contribution in [2.45, 2.75) is 20.8 Å². The van der Waals surface area contributed by atoms with Gasteiger partial charge in [-0.1, -0.05) is 57.2 Å². The molecule has 0 bridgehead atoms. The average Bonchev–Trinajstić information content (AvgIpc) is 2.14. The first-order chi connectivity index (χ1) is 6.49. The van der Waals surface area contributed by atoms with Crippen molar-refractivity contribution in [3.05, 3.63) is 48.0 Å². The summed E-state index contributed by atoms with van der Waals surface area (Å²) < 4.78 is 0. The standard InChI is InChI=1S/C13H16O/c1-13(2,3)10-9-12(14)11-7-5-4-6-8-11/h4-10H,1-3H3. The number of carbonyl (C=O) groups excluding carboxylic acids is 1. The zero-order valence-electron chi connectivity index (χ0n) is 8.95. The fraction of sp³-hybridized carbons (Fsp3) is 0.308. The Hall–Kier alpha value is -1.37. The van der Waals surface area contributed by atoms with Gasteiger partial charge in [-0.05, 0) is 11.5 Å². The SMILES string of the molecule is CC(C)(C)C=CC(=O)c1ccccc1. The van der Waals surface area contributed by atoms with Crippen LogP contribution in [0.25, 0.3) is 0 Å². The van der Waals surface area contributed by atoms with Crippen molar-refractivity contribution in [2.75, 3.05) is 0 Å². The van der Waals surface area contributed by atoms with E-state index in [1.807, 2.05) is 36.4 Å². The van der Waals surface area contributed by atoms with Crippen molar-refractivity contribution >= 4 is 5.78 Å². The van der Waals surface area contributed by atoms with Crippen LogP contribution in [0.15, 0.2) is 42.5 Å². The number of hydrogen-bond donors (Lipinski definition) is 0. The smallest absolute Gasteiger partial charge is 0.185 e. The summed E-state index contributed by atoms with van der Waals surface area (Å²) >= 11 is 0. The van der Waals surface area contributed by atoms with Crippen molar-refractivity contribution in [1.82, 2.24) is 0 Å². The fourth-order valence-electron chi connectivity index (χ4n) is 1.02. The molecule has 0 aliphatic carbocycles. The number of benzene rings is 1. The minimum absolute atomic E-state index is 0.0600. The molecule has 0 saturated carbocycles. The van der Waals surface area contributed by atoms with Gasteiger partial charge in [-0.3, -0.25) is 4.79 Å². The van der Waals surface area contributed by atoms with Crippen LogP contribution < -0.4 is 0 Å². The number of carbonyl (C=O) groups is 1. The third-order valence-electron chi connectivity index (χ3n) is 1.79. The molecule has 0 amide bonds. The van der Waals surface area contributed by atoms with Crippen LogP contribution in [0.2, 0.25) is 0 Å². The van der Waals surface area contributed by atoms with Gasteiger partial charge in [0.1, 0.15) is 0 Å². The molecular formula is C13H16O. The van der Waals surface area contributed by atoms with Crippen molar-refractivity contribution in [3.8, 4) is 0 Å². The Morgan fingerprint density at radius 1 is 1.14 bits per heavy atom. The molecule has 0 aliphatic rings. The van der Waals surface area contributed by atoms with Gasteiger partial charge in [0.15, 0.2) is 5.78 Å². The van der Waals surface area contributed by atoms with Gasteiger partial charge in [-0.2, -0.15) is 0 Å². The van der Waals surface area contributed by atoms with Crippen LogP contribution in [0, 0.1) is 5.41 Å². The summed E-state index contributed by atoms with van der Waals surface area (Å²) in [5.74, 6) is 0.0699. The summed E-state index contributed by atoms with van der Waals surface area (Å²) in [6, 6.07) is 9.31. The second-order valence-corrected chi connectivity index (χ2v) is 4.43. The Bertz CT molecular complexity index is 328. The molecule has 0 fully saturated rings. The molecule has 0 aliphatic heterocycles. The van der Waals surface area contributed by atoms with Crippen LogP contribution in [0.5, 0.6) is 0 Å². The summed E-state index contributed by atoms with van der Waals surface area (Å²) in [6.45, 7) is 6.21. The van der Waals surface area contributed by atoms with Crippen LogP contribution in [0.4, 0.5) is 0 Å². The molecule has 0 saturated heterocycles. The van der Waals surface area contributed by atoms with Gasteiger partial charge in [0.05, 0.1) is 0 Å². The first-order valence-corrected chi connectivity index (χ1v) is 4.78. The molecule has 1 rings (SSSR count). The molecule has 14 heavy (non-hydrogen) atoms. The van der Waals surface area contributed by atoms with Crippen LogP contribution in [0.3, 0.4) is 0 Å². The van der Waals surface area contributed by atoms with E-state index in [1.165, 1.54) is 0 Å². The highest BCUT2D eigenvalue weighted by Crippen LogP contribution is 2.15. The monoisotopic (exact) mass is 188 g/mol. The maximum Gasteiger partial charge on any atom is 0.185 e. The molecule has 1 heteroatoms. The van der Waals surface area contributed by atoms with Crippen LogP contribution in [0.1, 0.15) is 31.1 Å². The number of rotatable bonds is 2. The predicted molar refractivity (Wildman–Crippen MR) is 59.4 cm³/mol. The second-order valence-electron chi connectivity index (χ2n) is 4.43. The number of ketones is 1. The highest BCUT2D eigenvalue weighted by Gasteiger charge is 2.06. The van der Waals surface area contributed by atoms with Gasteiger partial charge in [0.2, 0.25) is 0 Å². The van der Waals surface area contributed by atoms with E-state index in [9.17, 15) is 4.79 Å². The average molecular weight is 188 g/mol. The normalized spacial score (nSPS) is 11.9. The lowest BCUT2D eigenvalue weighted by molar-refractivity contribution is 0.104. The van der Waals surface area contributed by atoms with Gasteiger partial charge in [-0.15, -0.1) is 0 Å². The quantitative estimate of drug-likeness (QED) is 0.513. The third kappa shape index (κ3) is 3.56. The lowest BCUT2D eigenvalue weighted by atomic mass is 9.95. The largest absolute Gasteiger partial charge is 0.289 e. The molecule has 0 radical (unpaired) electrons. The van der Waals surface area contributed by atoms with E-state index in [1.54, 1.807) is 6.08 Å². The molecule has 0 unspecified atom stereocenters. The minimum atomic E-state index is 0.0600. The van der Waals surface area contributed by atoms with E-state index in [0.717, 1.165) is 5.56 Å². The topological polar surface area (TPSA) is 17.1 Å². The van der Waals surface area contributed by atoms with E-state index in [-0.39, 0.29) is 11.2 Å².